The molecule has 0 unspecified atom stereocenters. The van der Waals surface area contributed by atoms with Crippen molar-refractivity contribution in [3.8, 4) is 0 Å². The van der Waals surface area contributed by atoms with Crippen LogP contribution in [0.2, 0.25) is 0 Å². The molecule has 0 fully saturated rings. The third-order valence-corrected chi connectivity index (χ3v) is 2.73. The molecule has 0 aromatic carbocycles. The molecule has 0 saturated heterocycles. The summed E-state index contributed by atoms with van der Waals surface area (Å²) in [6.45, 7) is 3.98. The molecule has 1 aliphatic carbocycles. The third kappa shape index (κ3) is 1.87. The Morgan fingerprint density at radius 1 is 1.27 bits per heavy atom. The van der Waals surface area contributed by atoms with Crippen LogP contribution in [0.1, 0.15) is 30.4 Å². The first-order valence-corrected chi connectivity index (χ1v) is 5.44. The fourth-order valence-electron chi connectivity index (χ4n) is 2.12. The molecule has 0 atom stereocenters. The topological polar surface area (TPSA) is 29.0 Å². The summed E-state index contributed by atoms with van der Waals surface area (Å²) in [4.78, 5) is 11.1. The highest BCUT2D eigenvalue weighted by Gasteiger charge is 2.19. The molecule has 2 rings (SSSR count). The van der Waals surface area contributed by atoms with Crippen molar-refractivity contribution in [3.05, 3.63) is 29.4 Å². The molecule has 0 aliphatic heterocycles. The molecule has 80 valence electrons. The minimum absolute atomic E-state index is 0.877. The first kappa shape index (κ1) is 10.1. The van der Waals surface area contributed by atoms with Crippen molar-refractivity contribution in [2.75, 3.05) is 11.9 Å². The molecule has 1 aliphatic rings. The van der Waals surface area contributed by atoms with Gasteiger partial charge in [-0.05, 0) is 33.1 Å². The zero-order chi connectivity index (χ0) is 10.8. The molecule has 0 bridgehead atoms. The lowest BCUT2D eigenvalue weighted by Crippen LogP contribution is -2.14. The largest absolute Gasteiger partial charge is 0.336 e. The Labute approximate surface area is 90.9 Å². The Morgan fingerprint density at radius 2 is 2.07 bits per heavy atom. The Hall–Kier alpha value is -1.38. The van der Waals surface area contributed by atoms with Crippen molar-refractivity contribution in [1.82, 2.24) is 9.97 Å². The second-order valence-electron chi connectivity index (χ2n) is 3.97. The Morgan fingerprint density at radius 3 is 2.80 bits per heavy atom. The fraction of sp³-hybridized carbons (Fsp3) is 0.500. The zero-order valence-electron chi connectivity index (χ0n) is 9.62. The number of aromatic nitrogens is 2. The molecule has 1 heterocycles. The minimum atomic E-state index is 0.877. The second kappa shape index (κ2) is 4.01. The molecule has 0 spiro atoms. The van der Waals surface area contributed by atoms with Crippen LogP contribution in [0, 0.1) is 6.92 Å². The number of hydrogen-bond donors (Lipinski definition) is 0. The van der Waals surface area contributed by atoms with E-state index in [0.717, 1.165) is 24.5 Å². The van der Waals surface area contributed by atoms with Crippen LogP contribution in [-0.4, -0.2) is 17.0 Å². The summed E-state index contributed by atoms with van der Waals surface area (Å²) in [5.74, 6) is 1.95. The van der Waals surface area contributed by atoms with E-state index in [9.17, 15) is 0 Å². The van der Waals surface area contributed by atoms with Gasteiger partial charge in [0.05, 0.1) is 0 Å². The van der Waals surface area contributed by atoms with E-state index >= 15 is 0 Å². The Balaban J connectivity index is 2.46. The SMILES string of the molecule is C/C=C/N(C)c1nc(C)nc2c1CCC2. The van der Waals surface area contributed by atoms with Crippen molar-refractivity contribution in [1.29, 1.82) is 0 Å². The van der Waals surface area contributed by atoms with Crippen molar-refractivity contribution in [2.45, 2.75) is 33.1 Å². The maximum absolute atomic E-state index is 4.53. The van der Waals surface area contributed by atoms with Gasteiger partial charge in [0, 0.05) is 24.5 Å². The summed E-state index contributed by atoms with van der Waals surface area (Å²) < 4.78 is 0. The maximum atomic E-state index is 4.53. The molecular formula is C12H17N3. The summed E-state index contributed by atoms with van der Waals surface area (Å²) in [6.07, 6.45) is 7.51. The normalized spacial score (nSPS) is 14.6. The summed E-state index contributed by atoms with van der Waals surface area (Å²) in [5, 5.41) is 0. The summed E-state index contributed by atoms with van der Waals surface area (Å²) in [6, 6.07) is 0. The van der Waals surface area contributed by atoms with Gasteiger partial charge in [0.25, 0.3) is 0 Å². The van der Waals surface area contributed by atoms with Crippen LogP contribution in [0.3, 0.4) is 0 Å². The van der Waals surface area contributed by atoms with Gasteiger partial charge in [-0.3, -0.25) is 0 Å². The molecule has 1 aromatic heterocycles. The average molecular weight is 203 g/mol. The highest BCUT2D eigenvalue weighted by Crippen LogP contribution is 2.28. The van der Waals surface area contributed by atoms with E-state index < -0.39 is 0 Å². The van der Waals surface area contributed by atoms with Crippen molar-refractivity contribution in [2.24, 2.45) is 0 Å². The van der Waals surface area contributed by atoms with E-state index in [-0.39, 0.29) is 0 Å². The molecule has 0 amide bonds. The quantitative estimate of drug-likeness (QED) is 0.738. The number of nitrogens with zero attached hydrogens (tertiary/aromatic N) is 3. The molecule has 0 N–H and O–H groups in total. The Kier molecular flexibility index (Phi) is 2.71. The lowest BCUT2D eigenvalue weighted by Gasteiger charge is -2.17. The smallest absolute Gasteiger partial charge is 0.139 e. The first-order chi connectivity index (χ1) is 7.22. The highest BCUT2D eigenvalue weighted by atomic mass is 15.2. The number of anilines is 1. The standard InChI is InChI=1S/C12H17N3/c1-4-8-15(3)12-10-6-5-7-11(10)13-9(2)14-12/h4,8H,5-7H2,1-3H3/b8-4+. The summed E-state index contributed by atoms with van der Waals surface area (Å²) >= 11 is 0. The van der Waals surface area contributed by atoms with Gasteiger partial charge in [0.2, 0.25) is 0 Å². The highest BCUT2D eigenvalue weighted by molar-refractivity contribution is 5.52. The number of rotatable bonds is 2. The third-order valence-electron chi connectivity index (χ3n) is 2.73. The molecule has 0 saturated carbocycles. The van der Waals surface area contributed by atoms with Gasteiger partial charge in [0.1, 0.15) is 11.6 Å². The number of fused-ring (bicyclic) bond motifs is 1. The summed E-state index contributed by atoms with van der Waals surface area (Å²) in [5.41, 5.74) is 2.58. The van der Waals surface area contributed by atoms with E-state index in [2.05, 4.69) is 14.9 Å². The zero-order valence-corrected chi connectivity index (χ0v) is 9.62. The molecule has 0 radical (unpaired) electrons. The van der Waals surface area contributed by atoms with Crippen LogP contribution in [0.25, 0.3) is 0 Å². The maximum Gasteiger partial charge on any atom is 0.139 e. The van der Waals surface area contributed by atoms with E-state index in [4.69, 9.17) is 0 Å². The van der Waals surface area contributed by atoms with Gasteiger partial charge in [-0.15, -0.1) is 0 Å². The van der Waals surface area contributed by atoms with E-state index in [1.807, 2.05) is 33.2 Å². The second-order valence-corrected chi connectivity index (χ2v) is 3.97. The van der Waals surface area contributed by atoms with Crippen LogP contribution in [0.15, 0.2) is 12.3 Å². The van der Waals surface area contributed by atoms with E-state index in [1.54, 1.807) is 0 Å². The van der Waals surface area contributed by atoms with Crippen LogP contribution in [-0.2, 0) is 12.8 Å². The van der Waals surface area contributed by atoms with Gasteiger partial charge in [-0.25, -0.2) is 9.97 Å². The van der Waals surface area contributed by atoms with Crippen LogP contribution in [0.5, 0.6) is 0 Å². The molecule has 15 heavy (non-hydrogen) atoms. The predicted octanol–water partition coefficient (Wildman–Crippen LogP) is 2.24. The number of hydrogen-bond acceptors (Lipinski definition) is 3. The van der Waals surface area contributed by atoms with Crippen LogP contribution in [0.4, 0.5) is 5.82 Å². The monoisotopic (exact) mass is 203 g/mol. The fourth-order valence-corrected chi connectivity index (χ4v) is 2.12. The predicted molar refractivity (Wildman–Crippen MR) is 62.0 cm³/mol. The van der Waals surface area contributed by atoms with Gasteiger partial charge in [-0.2, -0.15) is 0 Å². The van der Waals surface area contributed by atoms with Crippen molar-refractivity contribution in [3.63, 3.8) is 0 Å². The molecule has 3 nitrogen and oxygen atoms in total. The molecule has 3 heteroatoms. The lowest BCUT2D eigenvalue weighted by molar-refractivity contribution is 0.895. The van der Waals surface area contributed by atoms with Crippen LogP contribution < -0.4 is 4.90 Å². The van der Waals surface area contributed by atoms with Gasteiger partial charge in [-0.1, -0.05) is 6.08 Å². The minimum Gasteiger partial charge on any atom is -0.336 e. The lowest BCUT2D eigenvalue weighted by atomic mass is 10.2. The molecule has 1 aromatic rings. The van der Waals surface area contributed by atoms with Crippen molar-refractivity contribution >= 4 is 5.82 Å². The van der Waals surface area contributed by atoms with Gasteiger partial charge < -0.3 is 4.90 Å². The average Bonchev–Trinajstić information content (AvgIpc) is 2.64. The number of aryl methyl sites for hydroxylation is 2. The molecular weight excluding hydrogens is 186 g/mol. The first-order valence-electron chi connectivity index (χ1n) is 5.44. The van der Waals surface area contributed by atoms with Gasteiger partial charge in [0.15, 0.2) is 0 Å². The van der Waals surface area contributed by atoms with Crippen LogP contribution >= 0.6 is 0 Å². The number of allylic oxidation sites excluding steroid dienone is 1. The van der Waals surface area contributed by atoms with Gasteiger partial charge >= 0.3 is 0 Å². The van der Waals surface area contributed by atoms with Crippen molar-refractivity contribution < 1.29 is 0 Å². The van der Waals surface area contributed by atoms with E-state index in [0.29, 0.717) is 0 Å². The van der Waals surface area contributed by atoms with E-state index in [1.165, 1.54) is 17.7 Å². The summed E-state index contributed by atoms with van der Waals surface area (Å²) in [7, 11) is 2.04. The Bertz CT molecular complexity index is 396.